The number of benzene rings is 3. The molecule has 0 aromatic heterocycles. The summed E-state index contributed by atoms with van der Waals surface area (Å²) in [5, 5.41) is 5.42. The lowest BCUT2D eigenvalue weighted by Crippen LogP contribution is -2.24. The molecule has 1 unspecified atom stereocenters. The summed E-state index contributed by atoms with van der Waals surface area (Å²) >= 11 is 0. The Bertz CT molecular complexity index is 1010. The van der Waals surface area contributed by atoms with Gasteiger partial charge in [0.25, 0.3) is 6.29 Å². The summed E-state index contributed by atoms with van der Waals surface area (Å²) in [6.07, 6.45) is -0.674. The molecule has 5 nitrogen and oxygen atoms in total. The van der Waals surface area contributed by atoms with Crippen molar-refractivity contribution in [3.05, 3.63) is 96.6 Å². The maximum Gasteiger partial charge on any atom is 0.274 e. The molecule has 1 aliphatic rings. The molecule has 0 bridgehead atoms. The third kappa shape index (κ3) is 4.30. The summed E-state index contributed by atoms with van der Waals surface area (Å²) in [5.74, 6) is 0.147. The first-order chi connectivity index (χ1) is 14.1. The number of hydrogen-bond donors (Lipinski definition) is 0. The minimum Gasteiger partial charge on any atom is -0.435 e. The number of ether oxygens (including phenoxy) is 1. The van der Waals surface area contributed by atoms with Gasteiger partial charge in [-0.3, -0.25) is 4.79 Å². The molecule has 0 saturated heterocycles. The smallest absolute Gasteiger partial charge is 0.274 e. The topological polar surface area (TPSA) is 65.0 Å². The molecule has 4 rings (SSSR count). The van der Waals surface area contributed by atoms with E-state index in [2.05, 4.69) is 5.16 Å². The van der Waals surface area contributed by atoms with Gasteiger partial charge in [0.1, 0.15) is 0 Å². The third-order valence-electron chi connectivity index (χ3n) is 4.69. The van der Waals surface area contributed by atoms with E-state index >= 15 is 0 Å². The van der Waals surface area contributed by atoms with Crippen LogP contribution in [0.4, 0.5) is 0 Å². The minimum absolute atomic E-state index is 0.0397. The molecule has 0 N–H and O–H groups in total. The van der Waals surface area contributed by atoms with Crippen molar-refractivity contribution < 1.29 is 18.9 Å². The second kappa shape index (κ2) is 8.46. The maximum atomic E-state index is 14.0. The number of oxime groups is 1. The Morgan fingerprint density at radius 2 is 1.34 bits per heavy atom. The van der Waals surface area contributed by atoms with Crippen LogP contribution in [-0.2, 0) is 14.1 Å². The standard InChI is InChI=1S/C23H20NO4P/c25-21(18-10-4-1-5-11-18)16-23-27-22(24-28-23)17-29(26,19-12-6-2-7-13-19)20-14-8-3-9-15-20/h1-15,23H,16-17H2. The van der Waals surface area contributed by atoms with E-state index in [0.29, 0.717) is 5.56 Å². The highest BCUT2D eigenvalue weighted by Crippen LogP contribution is 2.44. The Kier molecular flexibility index (Phi) is 5.59. The summed E-state index contributed by atoms with van der Waals surface area (Å²) in [7, 11) is -3.01. The van der Waals surface area contributed by atoms with Crippen LogP contribution in [0.2, 0.25) is 0 Å². The van der Waals surface area contributed by atoms with E-state index in [0.717, 1.165) is 10.6 Å². The van der Waals surface area contributed by atoms with Crippen LogP contribution in [-0.4, -0.2) is 24.1 Å². The fraction of sp³-hybridized carbons (Fsp3) is 0.130. The Morgan fingerprint density at radius 1 is 0.828 bits per heavy atom. The van der Waals surface area contributed by atoms with Crippen LogP contribution in [0.15, 0.2) is 96.2 Å². The molecule has 6 heteroatoms. The summed E-state index contributed by atoms with van der Waals surface area (Å²) in [6, 6.07) is 27.6. The van der Waals surface area contributed by atoms with Gasteiger partial charge in [-0.1, -0.05) is 91.0 Å². The Labute approximate surface area is 169 Å². The lowest BCUT2D eigenvalue weighted by atomic mass is 10.1. The van der Waals surface area contributed by atoms with Gasteiger partial charge in [0.2, 0.25) is 5.90 Å². The lowest BCUT2D eigenvalue weighted by Gasteiger charge is -2.19. The van der Waals surface area contributed by atoms with Crippen molar-refractivity contribution in [2.75, 3.05) is 6.16 Å². The van der Waals surface area contributed by atoms with Crippen molar-refractivity contribution in [3.8, 4) is 0 Å². The predicted octanol–water partition coefficient (Wildman–Crippen LogP) is 3.96. The highest BCUT2D eigenvalue weighted by molar-refractivity contribution is 7.79. The minimum atomic E-state index is -3.01. The first-order valence-corrected chi connectivity index (χ1v) is 11.2. The van der Waals surface area contributed by atoms with Crippen molar-refractivity contribution in [3.63, 3.8) is 0 Å². The van der Waals surface area contributed by atoms with Crippen LogP contribution >= 0.6 is 7.14 Å². The highest BCUT2D eigenvalue weighted by atomic mass is 31.2. The molecule has 3 aromatic rings. The van der Waals surface area contributed by atoms with Gasteiger partial charge in [-0.05, 0) is 5.16 Å². The molecular weight excluding hydrogens is 385 g/mol. The van der Waals surface area contributed by atoms with Gasteiger partial charge in [0, 0.05) is 16.2 Å². The SMILES string of the molecule is O=C(CC1ON=C(CP(=O)(c2ccccc2)c2ccccc2)O1)c1ccccc1. The Hall–Kier alpha value is -3.17. The van der Waals surface area contributed by atoms with Gasteiger partial charge >= 0.3 is 0 Å². The van der Waals surface area contributed by atoms with E-state index in [-0.39, 0.29) is 24.3 Å². The van der Waals surface area contributed by atoms with Crippen LogP contribution in [0.25, 0.3) is 0 Å². The van der Waals surface area contributed by atoms with Gasteiger partial charge in [-0.2, -0.15) is 0 Å². The molecule has 0 spiro atoms. The van der Waals surface area contributed by atoms with E-state index in [1.807, 2.05) is 78.9 Å². The second-order valence-corrected chi connectivity index (χ2v) is 9.53. The summed E-state index contributed by atoms with van der Waals surface area (Å²) < 4.78 is 19.8. The summed E-state index contributed by atoms with van der Waals surface area (Å²) in [5.41, 5.74) is 0.590. The summed E-state index contributed by atoms with van der Waals surface area (Å²) in [6.45, 7) is 0. The van der Waals surface area contributed by atoms with Crippen molar-refractivity contribution in [2.24, 2.45) is 5.16 Å². The van der Waals surface area contributed by atoms with Gasteiger partial charge < -0.3 is 14.1 Å². The van der Waals surface area contributed by atoms with E-state index in [1.165, 1.54) is 0 Å². The molecule has 0 saturated carbocycles. The molecular formula is C23H20NO4P. The molecule has 29 heavy (non-hydrogen) atoms. The quantitative estimate of drug-likeness (QED) is 0.441. The van der Waals surface area contributed by atoms with E-state index in [4.69, 9.17) is 9.57 Å². The number of carbonyl (C=O) groups excluding carboxylic acids is 1. The largest absolute Gasteiger partial charge is 0.435 e. The molecule has 0 aliphatic carbocycles. The fourth-order valence-electron chi connectivity index (χ4n) is 3.21. The zero-order valence-electron chi connectivity index (χ0n) is 15.7. The zero-order valence-corrected chi connectivity index (χ0v) is 16.6. The van der Waals surface area contributed by atoms with Gasteiger partial charge in [-0.25, -0.2) is 0 Å². The third-order valence-corrected chi connectivity index (χ3v) is 7.67. The van der Waals surface area contributed by atoms with Gasteiger partial charge in [0.15, 0.2) is 12.9 Å². The van der Waals surface area contributed by atoms with Crippen LogP contribution < -0.4 is 10.6 Å². The molecule has 1 aliphatic heterocycles. The zero-order chi connectivity index (χ0) is 20.1. The molecule has 1 heterocycles. The molecule has 0 amide bonds. The van der Waals surface area contributed by atoms with Crippen LogP contribution in [0.3, 0.4) is 0 Å². The molecule has 3 aromatic carbocycles. The van der Waals surface area contributed by atoms with Crippen LogP contribution in [0, 0.1) is 0 Å². The number of hydrogen-bond acceptors (Lipinski definition) is 5. The predicted molar refractivity (Wildman–Crippen MR) is 113 cm³/mol. The van der Waals surface area contributed by atoms with Gasteiger partial charge in [0.05, 0.1) is 12.6 Å². The number of rotatable bonds is 7. The maximum absolute atomic E-state index is 14.0. The van der Waals surface area contributed by atoms with Crippen LogP contribution in [0.1, 0.15) is 16.8 Å². The fourth-order valence-corrected chi connectivity index (χ4v) is 5.69. The van der Waals surface area contributed by atoms with Crippen molar-refractivity contribution >= 4 is 29.4 Å². The Morgan fingerprint density at radius 3 is 1.90 bits per heavy atom. The molecule has 0 radical (unpaired) electrons. The molecule has 1 atom stereocenters. The normalized spacial score (nSPS) is 15.9. The first-order valence-electron chi connectivity index (χ1n) is 9.33. The average molecular weight is 405 g/mol. The van der Waals surface area contributed by atoms with E-state index in [1.54, 1.807) is 12.1 Å². The molecule has 0 fully saturated rings. The number of nitrogens with zero attached hydrogens (tertiary/aromatic N) is 1. The van der Waals surface area contributed by atoms with E-state index < -0.39 is 13.4 Å². The van der Waals surface area contributed by atoms with Crippen molar-refractivity contribution in [1.29, 1.82) is 0 Å². The van der Waals surface area contributed by atoms with Gasteiger partial charge in [-0.15, -0.1) is 0 Å². The number of ketones is 1. The van der Waals surface area contributed by atoms with E-state index in [9.17, 15) is 9.36 Å². The number of Topliss-reactive ketones (excluding diaryl/α,β-unsaturated/α-hetero) is 1. The highest BCUT2D eigenvalue weighted by Gasteiger charge is 2.34. The summed E-state index contributed by atoms with van der Waals surface area (Å²) in [4.78, 5) is 17.7. The number of carbonyl (C=O) groups is 1. The van der Waals surface area contributed by atoms with Crippen molar-refractivity contribution in [1.82, 2.24) is 0 Å². The average Bonchev–Trinajstić information content (AvgIpc) is 3.22. The molecule has 146 valence electrons. The van der Waals surface area contributed by atoms with Crippen LogP contribution in [0.5, 0.6) is 0 Å². The lowest BCUT2D eigenvalue weighted by molar-refractivity contribution is -0.0464. The second-order valence-electron chi connectivity index (χ2n) is 6.70. The van der Waals surface area contributed by atoms with Crippen molar-refractivity contribution in [2.45, 2.75) is 12.7 Å². The Balaban J connectivity index is 1.50. The first kappa shape index (κ1) is 19.2. The monoisotopic (exact) mass is 405 g/mol.